The first kappa shape index (κ1) is 27.3. The molecule has 2 fully saturated rings. The van der Waals surface area contributed by atoms with Gasteiger partial charge in [0.05, 0.1) is 5.97 Å². The van der Waals surface area contributed by atoms with Crippen molar-refractivity contribution < 1.29 is 29.0 Å². The SMILES string of the molecule is CCON=C(C(=O)NC1C(=O)N2CC(CSc3nc(N)c(N)c(N)[n+]3N)(C(=O)[O-])CS[C@H]12)c1nsc(N)n1. The molecule has 38 heavy (non-hydrogen) atoms. The molecule has 4 rings (SSSR count). The fourth-order valence-corrected chi connectivity index (χ4v) is 6.85. The second kappa shape index (κ2) is 10.5. The number of fused-ring (bicyclic) bond motifs is 1. The number of nitrogens with zero attached hydrogens (tertiary/aromatic N) is 6. The standard InChI is InChI=1S/C18H24N12O5S3/c1-2-35-27-7(11-26-16(22)38-28-11)12(31)24-8-13(32)29-3-18(15(33)34,4-36-14(8)29)5-37-17-25-9(20)6(19)10(21)30(17)23/h8,14H,2-5,23H2,1H3,(H9,19,20,21,22,24,26,27,28,31,33,34)/t8?,14-,18?/m1/s1. The maximum absolute atomic E-state index is 12.9. The van der Waals surface area contributed by atoms with Crippen molar-refractivity contribution in [3.63, 3.8) is 0 Å². The zero-order valence-corrected chi connectivity index (χ0v) is 22.3. The molecule has 0 saturated carbocycles. The number of carbonyl (C=O) groups is 3. The fourth-order valence-electron chi connectivity index (χ4n) is 3.64. The summed E-state index contributed by atoms with van der Waals surface area (Å²) in [5, 5.41) is 18.4. The molecule has 0 radical (unpaired) electrons. The van der Waals surface area contributed by atoms with Crippen molar-refractivity contribution in [2.75, 3.05) is 53.4 Å². The predicted octanol–water partition coefficient (Wildman–Crippen LogP) is -4.07. The van der Waals surface area contributed by atoms with Gasteiger partial charge in [0.2, 0.25) is 23.3 Å². The van der Waals surface area contributed by atoms with Crippen molar-refractivity contribution in [1.29, 1.82) is 0 Å². The highest BCUT2D eigenvalue weighted by atomic mass is 32.2. The quantitative estimate of drug-likeness (QED) is 0.0311. The average Bonchev–Trinajstić information content (AvgIpc) is 3.32. The summed E-state index contributed by atoms with van der Waals surface area (Å²) in [6.45, 7) is 1.71. The Morgan fingerprint density at radius 2 is 2.08 bits per heavy atom. The molecule has 17 nitrogen and oxygen atoms in total. The van der Waals surface area contributed by atoms with Gasteiger partial charge < -0.3 is 47.9 Å². The Bertz CT molecular complexity index is 1320. The van der Waals surface area contributed by atoms with Gasteiger partial charge in [-0.05, 0) is 18.7 Å². The highest BCUT2D eigenvalue weighted by Gasteiger charge is 2.56. The number of rotatable bonds is 9. The molecule has 2 aliphatic rings. The molecule has 2 aromatic rings. The number of hydrogen-bond acceptors (Lipinski definition) is 17. The number of nitrogens with two attached hydrogens (primary N) is 5. The van der Waals surface area contributed by atoms with E-state index in [1.54, 1.807) is 6.92 Å². The number of nitrogen functional groups attached to an aromatic ring is 5. The van der Waals surface area contributed by atoms with E-state index in [-0.39, 0.29) is 63.8 Å². The molecule has 2 unspecified atom stereocenters. The van der Waals surface area contributed by atoms with Gasteiger partial charge in [0.1, 0.15) is 18.0 Å². The lowest BCUT2D eigenvalue weighted by molar-refractivity contribution is -0.667. The molecule has 20 heteroatoms. The number of β-lactam (4-membered cyclic amide) rings is 1. The van der Waals surface area contributed by atoms with E-state index >= 15 is 0 Å². The van der Waals surface area contributed by atoms with Crippen LogP contribution in [0, 0.1) is 5.41 Å². The Kier molecular flexibility index (Phi) is 7.56. The Balaban J connectivity index is 1.45. The molecule has 2 aromatic heterocycles. The van der Waals surface area contributed by atoms with Crippen molar-refractivity contribution in [2.45, 2.75) is 23.5 Å². The number of anilines is 4. The van der Waals surface area contributed by atoms with E-state index < -0.39 is 34.6 Å². The van der Waals surface area contributed by atoms with Gasteiger partial charge in [0.15, 0.2) is 10.8 Å². The van der Waals surface area contributed by atoms with E-state index in [0.29, 0.717) is 0 Å². The summed E-state index contributed by atoms with van der Waals surface area (Å²) in [4.78, 5) is 52.5. The molecular formula is C18H24N12O5S3. The Labute approximate surface area is 227 Å². The van der Waals surface area contributed by atoms with E-state index in [1.807, 2.05) is 0 Å². The normalized spacial score (nSPS) is 22.9. The first-order valence-corrected chi connectivity index (χ1v) is 13.7. The van der Waals surface area contributed by atoms with Crippen molar-refractivity contribution in [2.24, 2.45) is 10.6 Å². The topological polar surface area (TPSA) is 284 Å². The molecule has 2 amide bonds. The number of carbonyl (C=O) groups excluding carboxylic acids is 3. The third-order valence-corrected chi connectivity index (χ3v) is 9.10. The van der Waals surface area contributed by atoms with Gasteiger partial charge in [-0.1, -0.05) is 10.1 Å². The van der Waals surface area contributed by atoms with Crippen LogP contribution in [0.2, 0.25) is 0 Å². The zero-order valence-electron chi connectivity index (χ0n) is 19.8. The Morgan fingerprint density at radius 3 is 2.71 bits per heavy atom. The van der Waals surface area contributed by atoms with Crippen LogP contribution >= 0.6 is 35.1 Å². The minimum atomic E-state index is -1.44. The lowest BCUT2D eigenvalue weighted by atomic mass is 9.89. The zero-order chi connectivity index (χ0) is 27.8. The van der Waals surface area contributed by atoms with Gasteiger partial charge in [0, 0.05) is 35.0 Å². The lowest BCUT2D eigenvalue weighted by Gasteiger charge is -2.55. The predicted molar refractivity (Wildman–Crippen MR) is 138 cm³/mol. The third kappa shape index (κ3) is 4.88. The van der Waals surface area contributed by atoms with E-state index in [1.165, 1.54) is 16.7 Å². The summed E-state index contributed by atoms with van der Waals surface area (Å²) < 4.78 is 4.97. The van der Waals surface area contributed by atoms with Crippen LogP contribution in [-0.4, -0.2) is 78.8 Å². The number of aliphatic carboxylic acids is 1. The van der Waals surface area contributed by atoms with Crippen LogP contribution in [0.15, 0.2) is 10.3 Å². The summed E-state index contributed by atoms with van der Waals surface area (Å²) in [5.41, 5.74) is 21.2. The molecule has 0 bridgehead atoms. The molecule has 11 N–H and O–H groups in total. The second-order valence-corrected chi connectivity index (χ2v) is 11.1. The van der Waals surface area contributed by atoms with Crippen LogP contribution in [0.4, 0.5) is 22.5 Å². The molecule has 0 aromatic carbocycles. The van der Waals surface area contributed by atoms with E-state index in [4.69, 9.17) is 33.6 Å². The van der Waals surface area contributed by atoms with Crippen molar-refractivity contribution in [3.8, 4) is 0 Å². The monoisotopic (exact) mass is 584 g/mol. The van der Waals surface area contributed by atoms with Gasteiger partial charge in [-0.25, -0.2) is 0 Å². The average molecular weight is 585 g/mol. The van der Waals surface area contributed by atoms with Crippen molar-refractivity contribution in [1.82, 2.24) is 24.6 Å². The molecule has 0 aliphatic carbocycles. The second-order valence-electron chi connectivity index (χ2n) is 8.24. The number of thioether (sulfide) groups is 2. The number of nitrogens with one attached hydrogen (secondary N) is 1. The van der Waals surface area contributed by atoms with E-state index in [2.05, 4.69) is 24.8 Å². The number of amides is 2. The van der Waals surface area contributed by atoms with Crippen molar-refractivity contribution >= 4 is 81.0 Å². The molecule has 204 valence electrons. The third-order valence-electron chi connectivity index (χ3n) is 5.73. The maximum atomic E-state index is 12.9. The summed E-state index contributed by atoms with van der Waals surface area (Å²) in [5.74, 6) is 3.25. The molecule has 3 atom stereocenters. The largest absolute Gasteiger partial charge is 0.549 e. The van der Waals surface area contributed by atoms with Crippen LogP contribution < -0.4 is 43.9 Å². The van der Waals surface area contributed by atoms with Crippen LogP contribution in [-0.2, 0) is 19.2 Å². The molecule has 4 heterocycles. The fraction of sp³-hybridized carbons (Fsp3) is 0.444. The van der Waals surface area contributed by atoms with Gasteiger partial charge in [0.25, 0.3) is 11.7 Å². The number of oxime groups is 1. The summed E-state index contributed by atoms with van der Waals surface area (Å²) in [7, 11) is 0. The van der Waals surface area contributed by atoms with Crippen LogP contribution in [0.25, 0.3) is 0 Å². The minimum Gasteiger partial charge on any atom is -0.549 e. The van der Waals surface area contributed by atoms with Gasteiger partial charge in [-0.15, -0.1) is 16.4 Å². The number of aromatic nitrogens is 4. The maximum Gasteiger partial charge on any atom is 0.322 e. The number of hydrogen-bond donors (Lipinski definition) is 6. The highest BCUT2D eigenvalue weighted by molar-refractivity contribution is 8.00. The first-order chi connectivity index (χ1) is 18.0. The minimum absolute atomic E-state index is 0.00489. The summed E-state index contributed by atoms with van der Waals surface area (Å²) >= 11 is 3.05. The lowest BCUT2D eigenvalue weighted by Crippen LogP contribution is -2.75. The Hall–Kier alpha value is -3.78. The Morgan fingerprint density at radius 1 is 1.34 bits per heavy atom. The molecular weight excluding hydrogens is 560 g/mol. The first-order valence-electron chi connectivity index (χ1n) is 10.9. The molecule has 0 spiro atoms. The molecule has 2 aliphatic heterocycles. The summed E-state index contributed by atoms with van der Waals surface area (Å²) in [6.07, 6.45) is 0. The van der Waals surface area contributed by atoms with Crippen LogP contribution in [0.3, 0.4) is 0 Å². The van der Waals surface area contributed by atoms with E-state index in [0.717, 1.165) is 28.0 Å². The van der Waals surface area contributed by atoms with Crippen molar-refractivity contribution in [3.05, 3.63) is 5.82 Å². The van der Waals surface area contributed by atoms with Gasteiger partial charge in [-0.2, -0.15) is 9.36 Å². The molecule has 2 saturated heterocycles. The van der Waals surface area contributed by atoms with Crippen LogP contribution in [0.1, 0.15) is 12.7 Å². The van der Waals surface area contributed by atoms with E-state index in [9.17, 15) is 19.5 Å². The van der Waals surface area contributed by atoms with Gasteiger partial charge >= 0.3 is 5.16 Å². The number of carboxylic acid groups (broad SMARTS) is 1. The highest BCUT2D eigenvalue weighted by Crippen LogP contribution is 2.44. The van der Waals surface area contributed by atoms with Gasteiger partial charge in [-0.3, -0.25) is 15.4 Å². The van der Waals surface area contributed by atoms with Crippen LogP contribution in [0.5, 0.6) is 0 Å². The number of carboxylic acids is 1. The summed E-state index contributed by atoms with van der Waals surface area (Å²) in [6, 6.07) is -0.924. The smallest absolute Gasteiger partial charge is 0.322 e.